The van der Waals surface area contributed by atoms with E-state index in [1.165, 1.54) is 6.20 Å². The summed E-state index contributed by atoms with van der Waals surface area (Å²) < 4.78 is 29.3. The normalized spacial score (nSPS) is 46.5. The standard InChI is InChI=1S/C24H29F2NO2/c1-22-7-6-20-17(10-21(26)24(29)11-16(28)5-8-23(20,24)2)19(22)4-3-18(22)14-9-15(25)13-27-12-14/h3,9,12-13,17,19-21,29H,4-8,10-11H2,1-2H3/t17?,19?,20?,21?,22-,23-,24?/m1/s1. The first-order chi connectivity index (χ1) is 13.7. The number of pyridine rings is 1. The molecule has 3 fully saturated rings. The Morgan fingerprint density at radius 3 is 2.76 bits per heavy atom. The van der Waals surface area contributed by atoms with Crippen LogP contribution in [0.2, 0.25) is 0 Å². The minimum Gasteiger partial charge on any atom is -0.386 e. The number of Topliss-reactive ketones (excluding diaryl/α,β-unsaturated/α-hetero) is 1. The summed E-state index contributed by atoms with van der Waals surface area (Å²) in [4.78, 5) is 16.1. The smallest absolute Gasteiger partial charge is 0.142 e. The Morgan fingerprint density at radius 1 is 1.21 bits per heavy atom. The number of alkyl halides is 1. The molecule has 5 rings (SSSR count). The van der Waals surface area contributed by atoms with Crippen molar-refractivity contribution in [1.29, 1.82) is 0 Å². The number of carbonyl (C=O) groups is 1. The van der Waals surface area contributed by atoms with E-state index in [0.29, 0.717) is 19.3 Å². The Bertz CT molecular complexity index is 901. The van der Waals surface area contributed by atoms with Crippen LogP contribution in [0, 0.1) is 34.4 Å². The van der Waals surface area contributed by atoms with Crippen LogP contribution in [0.15, 0.2) is 24.5 Å². The van der Waals surface area contributed by atoms with Crippen LogP contribution in [-0.4, -0.2) is 27.6 Å². The van der Waals surface area contributed by atoms with Gasteiger partial charge in [0.25, 0.3) is 0 Å². The molecule has 0 amide bonds. The number of allylic oxidation sites excluding steroid dienone is 2. The molecule has 0 aromatic carbocycles. The van der Waals surface area contributed by atoms with Gasteiger partial charge in [0, 0.05) is 24.5 Å². The molecular weight excluding hydrogens is 372 g/mol. The first-order valence-electron chi connectivity index (χ1n) is 10.9. The molecule has 1 N–H and O–H groups in total. The van der Waals surface area contributed by atoms with Crippen molar-refractivity contribution in [1.82, 2.24) is 4.98 Å². The third kappa shape index (κ3) is 2.49. The fourth-order valence-electron chi connectivity index (χ4n) is 7.60. The summed E-state index contributed by atoms with van der Waals surface area (Å²) in [7, 11) is 0. The minimum atomic E-state index is -1.53. The number of hydrogen-bond donors (Lipinski definition) is 1. The molecule has 3 nitrogen and oxygen atoms in total. The highest BCUT2D eigenvalue weighted by atomic mass is 19.1. The number of hydrogen-bond acceptors (Lipinski definition) is 3. The first kappa shape index (κ1) is 19.3. The Balaban J connectivity index is 1.50. The van der Waals surface area contributed by atoms with E-state index in [4.69, 9.17) is 0 Å². The van der Waals surface area contributed by atoms with Gasteiger partial charge in [-0.25, -0.2) is 8.78 Å². The van der Waals surface area contributed by atoms with Gasteiger partial charge in [0.05, 0.1) is 6.20 Å². The van der Waals surface area contributed by atoms with Crippen molar-refractivity contribution in [3.05, 3.63) is 35.9 Å². The van der Waals surface area contributed by atoms with E-state index in [1.807, 2.05) is 6.92 Å². The SMILES string of the molecule is C[C@]12CCC3C(CC(F)C4(O)CC(=O)CC[C@]34C)C1CC=C2c1cncc(F)c1. The Morgan fingerprint density at radius 2 is 2.00 bits per heavy atom. The molecule has 0 aliphatic heterocycles. The fourth-order valence-corrected chi connectivity index (χ4v) is 7.60. The molecule has 5 heteroatoms. The van der Waals surface area contributed by atoms with Crippen LogP contribution in [0.1, 0.15) is 64.4 Å². The van der Waals surface area contributed by atoms with E-state index in [2.05, 4.69) is 18.0 Å². The molecule has 0 saturated heterocycles. The van der Waals surface area contributed by atoms with Gasteiger partial charge in [-0.3, -0.25) is 9.78 Å². The van der Waals surface area contributed by atoms with Gasteiger partial charge in [0.2, 0.25) is 0 Å². The Hall–Kier alpha value is -1.62. The molecule has 0 radical (unpaired) electrons. The number of ketones is 1. The van der Waals surface area contributed by atoms with Gasteiger partial charge in [-0.1, -0.05) is 19.9 Å². The van der Waals surface area contributed by atoms with Crippen LogP contribution in [0.25, 0.3) is 5.57 Å². The number of rotatable bonds is 1. The molecule has 0 spiro atoms. The Kier molecular flexibility index (Phi) is 4.13. The van der Waals surface area contributed by atoms with E-state index in [-0.39, 0.29) is 41.2 Å². The summed E-state index contributed by atoms with van der Waals surface area (Å²) >= 11 is 0. The van der Waals surface area contributed by atoms with Gasteiger partial charge in [-0.2, -0.15) is 0 Å². The zero-order valence-electron chi connectivity index (χ0n) is 17.1. The molecule has 4 aliphatic carbocycles. The predicted octanol–water partition coefficient (Wildman–Crippen LogP) is 4.89. The fraction of sp³-hybridized carbons (Fsp3) is 0.667. The van der Waals surface area contributed by atoms with Crippen molar-refractivity contribution in [2.75, 3.05) is 0 Å². The summed E-state index contributed by atoms with van der Waals surface area (Å²) in [5, 5.41) is 11.3. The van der Waals surface area contributed by atoms with E-state index >= 15 is 4.39 Å². The molecular formula is C24H29F2NO2. The van der Waals surface area contributed by atoms with Crippen LogP contribution < -0.4 is 0 Å². The molecule has 5 unspecified atom stereocenters. The van der Waals surface area contributed by atoms with E-state index in [1.54, 1.807) is 12.3 Å². The van der Waals surface area contributed by atoms with Gasteiger partial charge in [-0.05, 0) is 72.5 Å². The lowest BCUT2D eigenvalue weighted by Gasteiger charge is -2.63. The third-order valence-electron chi connectivity index (χ3n) is 9.23. The molecule has 156 valence electrons. The molecule has 3 saturated carbocycles. The zero-order valence-corrected chi connectivity index (χ0v) is 17.1. The van der Waals surface area contributed by atoms with Gasteiger partial charge in [0.1, 0.15) is 23.4 Å². The van der Waals surface area contributed by atoms with Crippen LogP contribution in [0.5, 0.6) is 0 Å². The van der Waals surface area contributed by atoms with Gasteiger partial charge >= 0.3 is 0 Å². The van der Waals surface area contributed by atoms with Crippen molar-refractivity contribution in [3.63, 3.8) is 0 Å². The largest absolute Gasteiger partial charge is 0.386 e. The number of halogens is 2. The van der Waals surface area contributed by atoms with Crippen LogP contribution in [0.4, 0.5) is 8.78 Å². The van der Waals surface area contributed by atoms with Gasteiger partial charge < -0.3 is 5.11 Å². The minimum absolute atomic E-state index is 0.0184. The van der Waals surface area contributed by atoms with Gasteiger partial charge in [0.15, 0.2) is 0 Å². The number of aliphatic hydroxyl groups is 1. The quantitative estimate of drug-likeness (QED) is 0.729. The van der Waals surface area contributed by atoms with E-state index < -0.39 is 17.2 Å². The Labute approximate surface area is 170 Å². The lowest BCUT2D eigenvalue weighted by molar-refractivity contribution is -0.229. The highest BCUT2D eigenvalue weighted by Gasteiger charge is 2.67. The maximum Gasteiger partial charge on any atom is 0.142 e. The van der Waals surface area contributed by atoms with Crippen molar-refractivity contribution in [2.24, 2.45) is 28.6 Å². The molecule has 1 heterocycles. The molecule has 4 aliphatic rings. The van der Waals surface area contributed by atoms with Crippen LogP contribution in [-0.2, 0) is 4.79 Å². The van der Waals surface area contributed by atoms with Crippen LogP contribution in [0.3, 0.4) is 0 Å². The highest BCUT2D eigenvalue weighted by molar-refractivity contribution is 5.81. The lowest BCUT2D eigenvalue weighted by atomic mass is 9.43. The number of nitrogens with zero attached hydrogens (tertiary/aromatic N) is 1. The number of aromatic nitrogens is 1. The summed E-state index contributed by atoms with van der Waals surface area (Å²) in [6.07, 6.45) is 7.72. The monoisotopic (exact) mass is 401 g/mol. The molecule has 1 aromatic heterocycles. The van der Waals surface area contributed by atoms with Crippen molar-refractivity contribution in [3.8, 4) is 0 Å². The van der Waals surface area contributed by atoms with Gasteiger partial charge in [-0.15, -0.1) is 0 Å². The number of carbonyl (C=O) groups excluding carboxylic acids is 1. The van der Waals surface area contributed by atoms with Crippen molar-refractivity contribution >= 4 is 11.4 Å². The summed E-state index contributed by atoms with van der Waals surface area (Å²) in [6, 6.07) is 1.55. The second-order valence-corrected chi connectivity index (χ2v) is 10.3. The maximum atomic E-state index is 15.5. The molecule has 29 heavy (non-hydrogen) atoms. The highest BCUT2D eigenvalue weighted by Crippen LogP contribution is 2.68. The number of fused-ring (bicyclic) bond motifs is 5. The predicted molar refractivity (Wildman–Crippen MR) is 106 cm³/mol. The topological polar surface area (TPSA) is 50.2 Å². The van der Waals surface area contributed by atoms with Crippen molar-refractivity contribution in [2.45, 2.75) is 70.6 Å². The molecule has 0 bridgehead atoms. The van der Waals surface area contributed by atoms with E-state index in [9.17, 15) is 14.3 Å². The lowest BCUT2D eigenvalue weighted by Crippen LogP contribution is -2.67. The summed E-state index contributed by atoms with van der Waals surface area (Å²) in [6.45, 7) is 4.25. The summed E-state index contributed by atoms with van der Waals surface area (Å²) in [5.41, 5.74) is -0.265. The van der Waals surface area contributed by atoms with Crippen LogP contribution >= 0.6 is 0 Å². The average molecular weight is 401 g/mol. The third-order valence-corrected chi connectivity index (χ3v) is 9.23. The summed E-state index contributed by atoms with van der Waals surface area (Å²) in [5.74, 6) is 0.295. The molecule has 7 atom stereocenters. The second-order valence-electron chi connectivity index (χ2n) is 10.3. The maximum absolute atomic E-state index is 15.5. The van der Waals surface area contributed by atoms with E-state index in [0.717, 1.165) is 30.4 Å². The first-order valence-corrected chi connectivity index (χ1v) is 10.9. The van der Waals surface area contributed by atoms with Crippen molar-refractivity contribution < 1.29 is 18.7 Å². The average Bonchev–Trinajstić information content (AvgIpc) is 3.02. The second kappa shape index (κ2) is 6.19. The molecule has 1 aromatic rings. The zero-order chi connectivity index (χ0) is 20.6.